The van der Waals surface area contributed by atoms with Gasteiger partial charge in [0.05, 0.1) is 15.9 Å². The maximum atomic E-state index is 5.94. The Kier molecular flexibility index (Phi) is 4.66. The molecule has 1 aliphatic heterocycles. The van der Waals surface area contributed by atoms with Crippen molar-refractivity contribution in [1.29, 1.82) is 0 Å². The third-order valence-electron chi connectivity index (χ3n) is 4.21. The summed E-state index contributed by atoms with van der Waals surface area (Å²) in [5.74, 6) is 2.40. The van der Waals surface area contributed by atoms with Crippen molar-refractivity contribution in [2.75, 3.05) is 32.1 Å². The van der Waals surface area contributed by atoms with E-state index in [2.05, 4.69) is 46.7 Å². The van der Waals surface area contributed by atoms with Gasteiger partial charge in [-0.25, -0.2) is 9.97 Å². The molecule has 2 heterocycles. The number of nitrogens with one attached hydrogen (secondary N) is 1. The molecule has 0 bridgehead atoms. The lowest BCUT2D eigenvalue weighted by Crippen LogP contribution is -2.42. The summed E-state index contributed by atoms with van der Waals surface area (Å²) in [6.45, 7) is 7.09. The summed E-state index contributed by atoms with van der Waals surface area (Å²) in [6.07, 6.45) is 2.49. The molecule has 1 unspecified atom stereocenters. The van der Waals surface area contributed by atoms with Gasteiger partial charge in [0.25, 0.3) is 0 Å². The van der Waals surface area contributed by atoms with Crippen molar-refractivity contribution in [2.24, 2.45) is 0 Å². The molecule has 1 aromatic rings. The minimum absolute atomic E-state index is 0.0113. The SMILES string of the molecule is CNc1nc(C2CN(C(C)C)CCO2)nc(C2CC2)c1I. The zero-order chi connectivity index (χ0) is 15.0. The Balaban J connectivity index is 1.88. The van der Waals surface area contributed by atoms with Crippen LogP contribution in [0.4, 0.5) is 5.82 Å². The second-order valence-corrected chi connectivity index (χ2v) is 7.18. The molecule has 0 amide bonds. The molecule has 1 saturated heterocycles. The van der Waals surface area contributed by atoms with Crippen LogP contribution in [0.25, 0.3) is 0 Å². The van der Waals surface area contributed by atoms with E-state index in [4.69, 9.17) is 14.7 Å². The predicted octanol–water partition coefficient (Wildman–Crippen LogP) is 2.78. The third-order valence-corrected chi connectivity index (χ3v) is 5.27. The van der Waals surface area contributed by atoms with Crippen LogP contribution in [0.5, 0.6) is 0 Å². The number of aromatic nitrogens is 2. The van der Waals surface area contributed by atoms with Crippen molar-refractivity contribution in [3.8, 4) is 0 Å². The Morgan fingerprint density at radius 3 is 2.71 bits per heavy atom. The van der Waals surface area contributed by atoms with Crippen molar-refractivity contribution in [2.45, 2.75) is 44.8 Å². The van der Waals surface area contributed by atoms with E-state index >= 15 is 0 Å². The van der Waals surface area contributed by atoms with Crippen molar-refractivity contribution < 1.29 is 4.74 Å². The molecule has 21 heavy (non-hydrogen) atoms. The molecule has 0 spiro atoms. The summed E-state index contributed by atoms with van der Waals surface area (Å²) < 4.78 is 7.11. The van der Waals surface area contributed by atoms with Crippen LogP contribution in [0.2, 0.25) is 0 Å². The van der Waals surface area contributed by atoms with Gasteiger partial charge in [0, 0.05) is 32.1 Å². The van der Waals surface area contributed by atoms with E-state index in [0.29, 0.717) is 12.0 Å². The van der Waals surface area contributed by atoms with E-state index in [-0.39, 0.29) is 6.10 Å². The molecule has 1 aliphatic carbocycles. The van der Waals surface area contributed by atoms with Gasteiger partial charge in [-0.3, -0.25) is 4.90 Å². The average Bonchev–Trinajstić information content (AvgIpc) is 3.32. The fourth-order valence-electron chi connectivity index (χ4n) is 2.71. The first-order valence-corrected chi connectivity index (χ1v) is 8.78. The zero-order valence-electron chi connectivity index (χ0n) is 12.9. The standard InChI is InChI=1S/C15H23IN4O/c1-9(2)20-6-7-21-11(8-20)14-18-13(10-4-5-10)12(16)15(17-3)19-14/h9-11H,4-8H2,1-3H3,(H,17,18,19). The van der Waals surface area contributed by atoms with E-state index in [1.54, 1.807) is 0 Å². The lowest BCUT2D eigenvalue weighted by Gasteiger charge is -2.35. The smallest absolute Gasteiger partial charge is 0.161 e. The number of anilines is 1. The highest BCUT2D eigenvalue weighted by atomic mass is 127. The quantitative estimate of drug-likeness (QED) is 0.786. The highest BCUT2D eigenvalue weighted by molar-refractivity contribution is 14.1. The molecule has 2 aliphatic rings. The monoisotopic (exact) mass is 402 g/mol. The van der Waals surface area contributed by atoms with E-state index in [9.17, 15) is 0 Å². The van der Waals surface area contributed by atoms with Gasteiger partial charge in [0.2, 0.25) is 0 Å². The summed E-state index contributed by atoms with van der Waals surface area (Å²) in [4.78, 5) is 12.0. The number of nitrogens with zero attached hydrogens (tertiary/aromatic N) is 3. The fourth-order valence-corrected chi connectivity index (χ4v) is 3.67. The lowest BCUT2D eigenvalue weighted by molar-refractivity contribution is -0.0443. The van der Waals surface area contributed by atoms with Crippen LogP contribution in [-0.4, -0.2) is 47.7 Å². The van der Waals surface area contributed by atoms with E-state index in [1.165, 1.54) is 18.5 Å². The van der Waals surface area contributed by atoms with E-state index < -0.39 is 0 Å². The molecule has 1 atom stereocenters. The van der Waals surface area contributed by atoms with Gasteiger partial charge < -0.3 is 10.1 Å². The highest BCUT2D eigenvalue weighted by Crippen LogP contribution is 2.42. The summed E-state index contributed by atoms with van der Waals surface area (Å²) in [5.41, 5.74) is 1.20. The van der Waals surface area contributed by atoms with Gasteiger partial charge in [-0.2, -0.15) is 0 Å². The maximum Gasteiger partial charge on any atom is 0.161 e. The fraction of sp³-hybridized carbons (Fsp3) is 0.733. The van der Waals surface area contributed by atoms with Gasteiger partial charge >= 0.3 is 0 Å². The first kappa shape index (κ1) is 15.4. The van der Waals surface area contributed by atoms with Crippen molar-refractivity contribution >= 4 is 28.4 Å². The van der Waals surface area contributed by atoms with Crippen LogP contribution in [0, 0.1) is 3.57 Å². The molecule has 6 heteroatoms. The minimum atomic E-state index is -0.0113. The summed E-state index contributed by atoms with van der Waals surface area (Å²) in [7, 11) is 1.92. The second-order valence-electron chi connectivity index (χ2n) is 6.10. The van der Waals surface area contributed by atoms with Crippen molar-refractivity contribution in [1.82, 2.24) is 14.9 Å². The highest BCUT2D eigenvalue weighted by Gasteiger charge is 2.32. The van der Waals surface area contributed by atoms with Gasteiger partial charge in [0.1, 0.15) is 11.9 Å². The van der Waals surface area contributed by atoms with Crippen LogP contribution < -0.4 is 5.32 Å². The summed E-state index contributed by atoms with van der Waals surface area (Å²) in [6, 6.07) is 0.534. The van der Waals surface area contributed by atoms with Crippen LogP contribution in [0.3, 0.4) is 0 Å². The van der Waals surface area contributed by atoms with Crippen LogP contribution in [-0.2, 0) is 4.74 Å². The molecule has 0 radical (unpaired) electrons. The molecule has 1 N–H and O–H groups in total. The molecule has 5 nitrogen and oxygen atoms in total. The third kappa shape index (κ3) is 3.32. The lowest BCUT2D eigenvalue weighted by atomic mass is 10.2. The van der Waals surface area contributed by atoms with Gasteiger partial charge in [-0.1, -0.05) is 0 Å². The molecule has 116 valence electrons. The number of halogens is 1. The predicted molar refractivity (Wildman–Crippen MR) is 91.7 cm³/mol. The summed E-state index contributed by atoms with van der Waals surface area (Å²) in [5, 5.41) is 3.20. The topological polar surface area (TPSA) is 50.3 Å². The maximum absolute atomic E-state index is 5.94. The molecule has 3 rings (SSSR count). The number of hydrogen-bond donors (Lipinski definition) is 1. The first-order valence-electron chi connectivity index (χ1n) is 7.71. The van der Waals surface area contributed by atoms with E-state index in [0.717, 1.165) is 34.9 Å². The Morgan fingerprint density at radius 1 is 1.33 bits per heavy atom. The molecular weight excluding hydrogens is 379 g/mol. The number of rotatable bonds is 4. The molecule has 1 saturated carbocycles. The zero-order valence-corrected chi connectivity index (χ0v) is 15.1. The van der Waals surface area contributed by atoms with Crippen LogP contribution >= 0.6 is 22.6 Å². The number of morpholine rings is 1. The minimum Gasteiger partial charge on any atom is -0.372 e. The second kappa shape index (κ2) is 6.34. The van der Waals surface area contributed by atoms with Crippen LogP contribution in [0.15, 0.2) is 0 Å². The molecule has 0 aromatic carbocycles. The van der Waals surface area contributed by atoms with Crippen molar-refractivity contribution in [3.63, 3.8) is 0 Å². The van der Waals surface area contributed by atoms with Crippen molar-refractivity contribution in [3.05, 3.63) is 15.1 Å². The van der Waals surface area contributed by atoms with Crippen LogP contribution in [0.1, 0.15) is 50.2 Å². The molecular formula is C15H23IN4O. The Labute approximate surface area is 140 Å². The van der Waals surface area contributed by atoms with E-state index in [1.807, 2.05) is 7.05 Å². The van der Waals surface area contributed by atoms with Gasteiger partial charge in [-0.15, -0.1) is 0 Å². The Morgan fingerprint density at radius 2 is 2.10 bits per heavy atom. The molecule has 2 fully saturated rings. The number of hydrogen-bond acceptors (Lipinski definition) is 5. The number of ether oxygens (including phenoxy) is 1. The largest absolute Gasteiger partial charge is 0.372 e. The Bertz CT molecular complexity index is 519. The summed E-state index contributed by atoms with van der Waals surface area (Å²) >= 11 is 2.36. The first-order chi connectivity index (χ1) is 10.1. The van der Waals surface area contributed by atoms with Gasteiger partial charge in [-0.05, 0) is 49.3 Å². The Hall–Kier alpha value is -0.470. The van der Waals surface area contributed by atoms with Gasteiger partial charge in [0.15, 0.2) is 5.82 Å². The molecule has 1 aromatic heterocycles. The normalized spacial score (nSPS) is 23.6. The average molecular weight is 402 g/mol.